The molecule has 0 aromatic carbocycles. The number of ether oxygens (including phenoxy) is 1. The Kier molecular flexibility index (Phi) is 3.31. The van der Waals surface area contributed by atoms with Gasteiger partial charge in [-0.3, -0.25) is 0 Å². The van der Waals surface area contributed by atoms with Crippen LogP contribution in [0.2, 0.25) is 0 Å². The van der Waals surface area contributed by atoms with Crippen molar-refractivity contribution in [3.63, 3.8) is 0 Å². The largest absolute Gasteiger partial charge is 0.466 e. The van der Waals surface area contributed by atoms with E-state index < -0.39 is 0 Å². The minimum atomic E-state index is -0.329. The first-order chi connectivity index (χ1) is 6.26. The molecule has 0 fully saturated rings. The molecule has 70 valence electrons. The second-order valence-electron chi connectivity index (χ2n) is 2.63. The summed E-state index contributed by atoms with van der Waals surface area (Å²) in [5.74, 6) is -0.329. The summed E-state index contributed by atoms with van der Waals surface area (Å²) in [5.41, 5.74) is 1.01. The van der Waals surface area contributed by atoms with E-state index in [0.29, 0.717) is 0 Å². The van der Waals surface area contributed by atoms with Crippen LogP contribution in [-0.4, -0.2) is 17.6 Å². The Morgan fingerprint density at radius 1 is 1.69 bits per heavy atom. The molecule has 0 unspecified atom stereocenters. The molecule has 13 heavy (non-hydrogen) atoms. The van der Waals surface area contributed by atoms with Crippen molar-refractivity contribution in [1.29, 1.82) is 0 Å². The summed E-state index contributed by atoms with van der Waals surface area (Å²) < 4.78 is 6.51. The summed E-state index contributed by atoms with van der Waals surface area (Å²) >= 11 is 0. The zero-order chi connectivity index (χ0) is 9.68. The molecular weight excluding hydrogens is 166 g/mol. The van der Waals surface area contributed by atoms with Crippen LogP contribution in [0.15, 0.2) is 24.5 Å². The molecule has 0 bridgehead atoms. The highest BCUT2D eigenvalue weighted by Gasteiger charge is 1.93. The zero-order valence-electron chi connectivity index (χ0n) is 7.86. The van der Waals surface area contributed by atoms with Gasteiger partial charge >= 0.3 is 5.97 Å². The fourth-order valence-corrected chi connectivity index (χ4v) is 0.987. The Hall–Kier alpha value is -1.51. The maximum absolute atomic E-state index is 10.7. The standard InChI is InChI=1S/C10H13NO2/c1-3-11-7-6-9(8-11)4-5-10(12)13-2/h4-8H,3H2,1-2H3/b5-4+. The Bertz CT molecular complexity index is 312. The first-order valence-electron chi connectivity index (χ1n) is 4.18. The van der Waals surface area contributed by atoms with Crippen molar-refractivity contribution in [2.24, 2.45) is 0 Å². The second-order valence-corrected chi connectivity index (χ2v) is 2.63. The molecule has 1 rings (SSSR count). The van der Waals surface area contributed by atoms with Crippen molar-refractivity contribution < 1.29 is 9.53 Å². The molecule has 3 heteroatoms. The molecule has 3 nitrogen and oxygen atoms in total. The minimum Gasteiger partial charge on any atom is -0.466 e. The van der Waals surface area contributed by atoms with Gasteiger partial charge in [-0.25, -0.2) is 4.79 Å². The Morgan fingerprint density at radius 3 is 3.00 bits per heavy atom. The maximum Gasteiger partial charge on any atom is 0.330 e. The highest BCUT2D eigenvalue weighted by molar-refractivity contribution is 5.86. The molecule has 1 heterocycles. The first kappa shape index (κ1) is 9.58. The number of rotatable bonds is 3. The lowest BCUT2D eigenvalue weighted by Crippen LogP contribution is -1.93. The van der Waals surface area contributed by atoms with Gasteiger partial charge in [0.15, 0.2) is 0 Å². The molecular formula is C10H13NO2. The second kappa shape index (κ2) is 4.50. The van der Waals surface area contributed by atoms with Gasteiger partial charge < -0.3 is 9.30 Å². The van der Waals surface area contributed by atoms with Crippen molar-refractivity contribution in [3.8, 4) is 0 Å². The summed E-state index contributed by atoms with van der Waals surface area (Å²) in [4.78, 5) is 10.7. The molecule has 1 aromatic rings. The van der Waals surface area contributed by atoms with Crippen LogP contribution in [0.4, 0.5) is 0 Å². The fourth-order valence-electron chi connectivity index (χ4n) is 0.987. The summed E-state index contributed by atoms with van der Waals surface area (Å²) in [6, 6.07) is 1.95. The lowest BCUT2D eigenvalue weighted by atomic mass is 10.3. The Labute approximate surface area is 77.6 Å². The van der Waals surface area contributed by atoms with Gasteiger partial charge in [0.05, 0.1) is 7.11 Å². The van der Waals surface area contributed by atoms with Gasteiger partial charge in [-0.1, -0.05) is 0 Å². The zero-order valence-corrected chi connectivity index (χ0v) is 7.86. The molecule has 1 aromatic heterocycles. The summed E-state index contributed by atoms with van der Waals surface area (Å²) in [6.45, 7) is 3.00. The normalized spacial score (nSPS) is 10.6. The molecule has 0 N–H and O–H groups in total. The van der Waals surface area contributed by atoms with E-state index in [1.807, 2.05) is 23.0 Å². The minimum absolute atomic E-state index is 0.329. The number of hydrogen-bond donors (Lipinski definition) is 0. The lowest BCUT2D eigenvalue weighted by Gasteiger charge is -1.92. The average Bonchev–Trinajstić information content (AvgIpc) is 2.61. The van der Waals surface area contributed by atoms with Crippen LogP contribution in [0, 0.1) is 0 Å². The van der Waals surface area contributed by atoms with Gasteiger partial charge in [0.2, 0.25) is 0 Å². The predicted octanol–water partition coefficient (Wildman–Crippen LogP) is 1.69. The topological polar surface area (TPSA) is 31.2 Å². The third-order valence-electron chi connectivity index (χ3n) is 1.75. The first-order valence-corrected chi connectivity index (χ1v) is 4.18. The van der Waals surface area contributed by atoms with Crippen LogP contribution < -0.4 is 0 Å². The Morgan fingerprint density at radius 2 is 2.46 bits per heavy atom. The van der Waals surface area contributed by atoms with Gasteiger partial charge in [-0.2, -0.15) is 0 Å². The third kappa shape index (κ3) is 2.78. The van der Waals surface area contributed by atoms with Crippen LogP contribution in [-0.2, 0) is 16.1 Å². The van der Waals surface area contributed by atoms with Crippen molar-refractivity contribution in [1.82, 2.24) is 4.57 Å². The number of carbonyl (C=O) groups is 1. The SMILES string of the molecule is CCn1ccc(/C=C/C(=O)OC)c1. The van der Waals surface area contributed by atoms with Gasteiger partial charge in [0.25, 0.3) is 0 Å². The third-order valence-corrected chi connectivity index (χ3v) is 1.75. The van der Waals surface area contributed by atoms with E-state index >= 15 is 0 Å². The molecule has 0 aliphatic rings. The summed E-state index contributed by atoms with van der Waals surface area (Å²) in [5, 5.41) is 0. The van der Waals surface area contributed by atoms with E-state index in [1.165, 1.54) is 13.2 Å². The number of carbonyl (C=O) groups excluding carboxylic acids is 1. The number of nitrogens with zero attached hydrogens (tertiary/aromatic N) is 1. The monoisotopic (exact) mass is 179 g/mol. The summed E-state index contributed by atoms with van der Waals surface area (Å²) in [7, 11) is 1.36. The van der Waals surface area contributed by atoms with Crippen molar-refractivity contribution in [2.45, 2.75) is 13.5 Å². The van der Waals surface area contributed by atoms with E-state index in [1.54, 1.807) is 6.08 Å². The smallest absolute Gasteiger partial charge is 0.330 e. The molecule has 0 amide bonds. The molecule has 0 atom stereocenters. The molecule has 0 radical (unpaired) electrons. The maximum atomic E-state index is 10.7. The quantitative estimate of drug-likeness (QED) is 0.522. The van der Waals surface area contributed by atoms with Crippen LogP contribution >= 0.6 is 0 Å². The van der Waals surface area contributed by atoms with Crippen LogP contribution in [0.5, 0.6) is 0 Å². The Balaban J connectivity index is 2.63. The van der Waals surface area contributed by atoms with Crippen molar-refractivity contribution >= 4 is 12.0 Å². The van der Waals surface area contributed by atoms with E-state index in [4.69, 9.17) is 0 Å². The summed E-state index contributed by atoms with van der Waals surface area (Å²) in [6.07, 6.45) is 7.09. The van der Waals surface area contributed by atoms with Crippen LogP contribution in [0.25, 0.3) is 6.08 Å². The van der Waals surface area contributed by atoms with Gasteiger partial charge in [0, 0.05) is 25.0 Å². The van der Waals surface area contributed by atoms with Gasteiger partial charge in [0.1, 0.15) is 0 Å². The van der Waals surface area contributed by atoms with Gasteiger partial charge in [-0.15, -0.1) is 0 Å². The van der Waals surface area contributed by atoms with Crippen LogP contribution in [0.1, 0.15) is 12.5 Å². The molecule has 0 aliphatic carbocycles. The molecule has 0 saturated heterocycles. The van der Waals surface area contributed by atoms with E-state index in [9.17, 15) is 4.79 Å². The van der Waals surface area contributed by atoms with E-state index in [0.717, 1.165) is 12.1 Å². The molecule has 0 spiro atoms. The average molecular weight is 179 g/mol. The number of hydrogen-bond acceptors (Lipinski definition) is 2. The molecule has 0 aliphatic heterocycles. The lowest BCUT2D eigenvalue weighted by molar-refractivity contribution is -0.134. The van der Waals surface area contributed by atoms with E-state index in [-0.39, 0.29) is 5.97 Å². The number of aryl methyl sites for hydroxylation is 1. The number of methoxy groups -OCH3 is 1. The fraction of sp³-hybridized carbons (Fsp3) is 0.300. The van der Waals surface area contributed by atoms with E-state index in [2.05, 4.69) is 11.7 Å². The van der Waals surface area contributed by atoms with Crippen molar-refractivity contribution in [2.75, 3.05) is 7.11 Å². The van der Waals surface area contributed by atoms with Crippen LogP contribution in [0.3, 0.4) is 0 Å². The number of esters is 1. The highest BCUT2D eigenvalue weighted by atomic mass is 16.5. The number of aromatic nitrogens is 1. The highest BCUT2D eigenvalue weighted by Crippen LogP contribution is 2.03. The predicted molar refractivity (Wildman–Crippen MR) is 51.2 cm³/mol. The van der Waals surface area contributed by atoms with Gasteiger partial charge in [-0.05, 0) is 24.6 Å². The molecule has 0 saturated carbocycles. The van der Waals surface area contributed by atoms with Crippen molar-refractivity contribution in [3.05, 3.63) is 30.1 Å².